The maximum absolute atomic E-state index is 14.9. The Hall–Kier alpha value is -3.92. The summed E-state index contributed by atoms with van der Waals surface area (Å²) in [7, 11) is -2.87. The highest BCUT2D eigenvalue weighted by Gasteiger charge is 2.34. The number of nitrogens with zero attached hydrogens (tertiary/aromatic N) is 2. The first-order chi connectivity index (χ1) is 20.5. The molecule has 0 aliphatic heterocycles. The third kappa shape index (κ3) is 7.73. The summed E-state index contributed by atoms with van der Waals surface area (Å²) in [5, 5.41) is 2.88. The molecule has 224 valence electrons. The number of carbonyl (C=O) groups is 2. The maximum Gasteiger partial charge on any atom is 0.264 e. The maximum atomic E-state index is 14.9. The van der Waals surface area contributed by atoms with Crippen molar-refractivity contribution >= 4 is 50.7 Å². The number of anilines is 1. The lowest BCUT2D eigenvalue weighted by atomic mass is 10.0. The molecule has 1 N–H and O–H groups in total. The lowest BCUT2D eigenvalue weighted by Crippen LogP contribution is -2.53. The minimum Gasteiger partial charge on any atom is -0.357 e. The van der Waals surface area contributed by atoms with Crippen LogP contribution in [0.1, 0.15) is 16.7 Å². The molecule has 0 spiro atoms. The van der Waals surface area contributed by atoms with E-state index in [4.69, 9.17) is 23.2 Å². The standard InChI is InChI=1S/C32H30Cl2FN3O4S/c1-22-12-15-26(16-13-22)43(41,42)38(25-14-17-27(33)28(34)19-25)21-31(39)37(20-24-10-6-7-11-29(24)35)30(32(40)36-2)18-23-8-4-3-5-9-23/h3-17,19,30H,18,20-21H2,1-2H3,(H,36,40)/t30-/m1/s1. The van der Waals surface area contributed by atoms with Gasteiger partial charge in [0.15, 0.2) is 0 Å². The van der Waals surface area contributed by atoms with Crippen molar-refractivity contribution < 1.29 is 22.4 Å². The van der Waals surface area contributed by atoms with Crippen LogP contribution in [0.25, 0.3) is 0 Å². The van der Waals surface area contributed by atoms with Crippen LogP contribution < -0.4 is 9.62 Å². The molecule has 2 amide bonds. The van der Waals surface area contributed by atoms with E-state index < -0.39 is 40.2 Å². The van der Waals surface area contributed by atoms with Gasteiger partial charge in [0.05, 0.1) is 20.6 Å². The summed E-state index contributed by atoms with van der Waals surface area (Å²) in [6, 6.07) is 24.3. The summed E-state index contributed by atoms with van der Waals surface area (Å²) in [6.45, 7) is 0.837. The first-order valence-electron chi connectivity index (χ1n) is 13.3. The number of likely N-dealkylation sites (N-methyl/N-ethyl adjacent to an activating group) is 1. The highest BCUT2D eigenvalue weighted by molar-refractivity contribution is 7.92. The van der Waals surface area contributed by atoms with Crippen LogP contribution in [0.2, 0.25) is 10.0 Å². The van der Waals surface area contributed by atoms with Gasteiger partial charge in [0, 0.05) is 25.6 Å². The van der Waals surface area contributed by atoms with E-state index in [9.17, 15) is 22.4 Å². The minimum atomic E-state index is -4.31. The Labute approximate surface area is 260 Å². The van der Waals surface area contributed by atoms with Crippen LogP contribution in [0.15, 0.2) is 102 Å². The number of hydrogen-bond donors (Lipinski definition) is 1. The van der Waals surface area contributed by atoms with Crippen molar-refractivity contribution in [2.24, 2.45) is 0 Å². The van der Waals surface area contributed by atoms with Crippen LogP contribution in [-0.2, 0) is 32.6 Å². The van der Waals surface area contributed by atoms with Gasteiger partial charge in [-0.3, -0.25) is 13.9 Å². The molecule has 43 heavy (non-hydrogen) atoms. The van der Waals surface area contributed by atoms with Gasteiger partial charge in [-0.05, 0) is 48.9 Å². The Morgan fingerprint density at radius 2 is 1.53 bits per heavy atom. The lowest BCUT2D eigenvalue weighted by Gasteiger charge is -2.33. The monoisotopic (exact) mass is 641 g/mol. The molecule has 4 aromatic carbocycles. The van der Waals surface area contributed by atoms with Crippen molar-refractivity contribution in [3.05, 3.63) is 130 Å². The molecule has 0 aliphatic rings. The number of halogens is 3. The van der Waals surface area contributed by atoms with Crippen LogP contribution in [0.3, 0.4) is 0 Å². The Morgan fingerprint density at radius 3 is 2.16 bits per heavy atom. The van der Waals surface area contributed by atoms with Gasteiger partial charge in [-0.25, -0.2) is 12.8 Å². The highest BCUT2D eigenvalue weighted by Crippen LogP contribution is 2.31. The number of hydrogen-bond acceptors (Lipinski definition) is 4. The zero-order chi connectivity index (χ0) is 31.1. The third-order valence-electron chi connectivity index (χ3n) is 6.90. The normalized spacial score (nSPS) is 11.9. The molecule has 0 saturated carbocycles. The van der Waals surface area contributed by atoms with E-state index in [0.29, 0.717) is 0 Å². The largest absolute Gasteiger partial charge is 0.357 e. The SMILES string of the molecule is CNC(=O)[C@@H](Cc1ccccc1)N(Cc1ccccc1F)C(=O)CN(c1ccc(Cl)c(Cl)c1)S(=O)(=O)c1ccc(C)cc1. The first-order valence-corrected chi connectivity index (χ1v) is 15.5. The predicted molar refractivity (Wildman–Crippen MR) is 167 cm³/mol. The fourth-order valence-electron chi connectivity index (χ4n) is 4.54. The highest BCUT2D eigenvalue weighted by atomic mass is 35.5. The molecular formula is C32H30Cl2FN3O4S. The third-order valence-corrected chi connectivity index (χ3v) is 9.42. The number of amides is 2. The molecule has 4 aromatic rings. The second kappa shape index (κ2) is 14.0. The zero-order valence-electron chi connectivity index (χ0n) is 23.5. The Bertz CT molecular complexity index is 1700. The van der Waals surface area contributed by atoms with Crippen molar-refractivity contribution in [3.63, 3.8) is 0 Å². The Balaban J connectivity index is 1.81. The predicted octanol–water partition coefficient (Wildman–Crippen LogP) is 6.02. The number of aryl methyl sites for hydroxylation is 1. The fraction of sp³-hybridized carbons (Fsp3) is 0.188. The summed E-state index contributed by atoms with van der Waals surface area (Å²) in [5.41, 5.74) is 1.87. The second-order valence-corrected chi connectivity index (χ2v) is 12.5. The first kappa shape index (κ1) is 32.0. The summed E-state index contributed by atoms with van der Waals surface area (Å²) in [5.74, 6) is -1.78. The number of rotatable bonds is 11. The average Bonchev–Trinajstić information content (AvgIpc) is 3.00. The van der Waals surface area contributed by atoms with Crippen LogP contribution in [0.5, 0.6) is 0 Å². The summed E-state index contributed by atoms with van der Waals surface area (Å²) < 4.78 is 43.8. The molecule has 0 unspecified atom stereocenters. The van der Waals surface area contributed by atoms with Crippen molar-refractivity contribution in [1.82, 2.24) is 10.2 Å². The molecule has 11 heteroatoms. The molecular weight excluding hydrogens is 612 g/mol. The van der Waals surface area contributed by atoms with Gasteiger partial charge in [-0.2, -0.15) is 0 Å². The average molecular weight is 643 g/mol. The molecule has 0 aromatic heterocycles. The minimum absolute atomic E-state index is 0.0511. The van der Waals surface area contributed by atoms with Crippen LogP contribution in [0.4, 0.5) is 10.1 Å². The lowest BCUT2D eigenvalue weighted by molar-refractivity contribution is -0.139. The Kier molecular flexibility index (Phi) is 10.4. The fourth-order valence-corrected chi connectivity index (χ4v) is 6.24. The smallest absolute Gasteiger partial charge is 0.264 e. The van der Waals surface area contributed by atoms with Gasteiger partial charge in [0.1, 0.15) is 18.4 Å². The van der Waals surface area contributed by atoms with E-state index in [2.05, 4.69) is 5.32 Å². The summed E-state index contributed by atoms with van der Waals surface area (Å²) in [4.78, 5) is 28.7. The number of benzene rings is 4. The second-order valence-electron chi connectivity index (χ2n) is 9.86. The van der Waals surface area contributed by atoms with Gasteiger partial charge in [-0.1, -0.05) is 89.4 Å². The van der Waals surface area contributed by atoms with Crippen molar-refractivity contribution in [1.29, 1.82) is 0 Å². The molecule has 0 bridgehead atoms. The van der Waals surface area contributed by atoms with E-state index in [1.165, 1.54) is 60.5 Å². The number of nitrogens with one attached hydrogen (secondary N) is 1. The van der Waals surface area contributed by atoms with Gasteiger partial charge < -0.3 is 10.2 Å². The van der Waals surface area contributed by atoms with Gasteiger partial charge in [0.25, 0.3) is 10.0 Å². The Morgan fingerprint density at radius 1 is 0.884 bits per heavy atom. The molecule has 0 radical (unpaired) electrons. The van der Waals surface area contributed by atoms with E-state index in [-0.39, 0.29) is 39.2 Å². The van der Waals surface area contributed by atoms with E-state index in [1.54, 1.807) is 30.3 Å². The van der Waals surface area contributed by atoms with Crippen molar-refractivity contribution in [2.75, 3.05) is 17.9 Å². The van der Waals surface area contributed by atoms with Crippen molar-refractivity contribution in [2.45, 2.75) is 30.8 Å². The topological polar surface area (TPSA) is 86.8 Å². The summed E-state index contributed by atoms with van der Waals surface area (Å²) in [6.07, 6.45) is 0.109. The summed E-state index contributed by atoms with van der Waals surface area (Å²) >= 11 is 12.4. The van der Waals surface area contributed by atoms with Crippen LogP contribution >= 0.6 is 23.2 Å². The van der Waals surface area contributed by atoms with E-state index in [1.807, 2.05) is 25.1 Å². The van der Waals surface area contributed by atoms with Crippen LogP contribution in [-0.4, -0.2) is 44.8 Å². The quantitative estimate of drug-likeness (QED) is 0.217. The van der Waals surface area contributed by atoms with Crippen molar-refractivity contribution in [3.8, 4) is 0 Å². The molecule has 0 aliphatic carbocycles. The van der Waals surface area contributed by atoms with Gasteiger partial charge in [-0.15, -0.1) is 0 Å². The molecule has 4 rings (SSSR count). The van der Waals surface area contributed by atoms with Crippen LogP contribution in [0, 0.1) is 12.7 Å². The molecule has 0 heterocycles. The van der Waals surface area contributed by atoms with E-state index >= 15 is 0 Å². The number of sulfonamides is 1. The van der Waals surface area contributed by atoms with Gasteiger partial charge in [0.2, 0.25) is 11.8 Å². The number of carbonyl (C=O) groups excluding carboxylic acids is 2. The van der Waals surface area contributed by atoms with E-state index in [0.717, 1.165) is 15.4 Å². The molecule has 0 fully saturated rings. The molecule has 0 saturated heterocycles. The molecule has 7 nitrogen and oxygen atoms in total. The molecule has 1 atom stereocenters. The zero-order valence-corrected chi connectivity index (χ0v) is 25.8. The van der Waals surface area contributed by atoms with Gasteiger partial charge >= 0.3 is 0 Å².